The Kier molecular flexibility index (Phi) is 16.8. The molecule has 132 valence electrons. The van der Waals surface area contributed by atoms with Crippen LogP contribution in [-0.2, 0) is 0 Å². The molecule has 0 radical (unpaired) electrons. The Morgan fingerprint density at radius 2 is 1.23 bits per heavy atom. The van der Waals surface area contributed by atoms with E-state index in [0.29, 0.717) is 0 Å². The van der Waals surface area contributed by atoms with Crippen molar-refractivity contribution in [1.29, 1.82) is 0 Å². The molecule has 0 aromatic heterocycles. The molecule has 0 N–H and O–H groups in total. The standard InChI is InChI=1S/C21H43N/c1-5-7-13-17-21(18-14-8-6-2)19-15-11-9-10-12-16-20-22(3)4/h19H,5-18,20H2,1-4H3. The van der Waals surface area contributed by atoms with E-state index in [2.05, 4.69) is 38.9 Å². The molecule has 0 atom stereocenters. The molecule has 0 aromatic carbocycles. The van der Waals surface area contributed by atoms with E-state index in [9.17, 15) is 0 Å². The van der Waals surface area contributed by atoms with Gasteiger partial charge in [0.15, 0.2) is 0 Å². The van der Waals surface area contributed by atoms with Crippen molar-refractivity contribution in [3.8, 4) is 0 Å². The number of hydrogen-bond donors (Lipinski definition) is 0. The van der Waals surface area contributed by atoms with Crippen molar-refractivity contribution in [2.45, 2.75) is 104 Å². The van der Waals surface area contributed by atoms with Crippen molar-refractivity contribution in [3.05, 3.63) is 11.6 Å². The summed E-state index contributed by atoms with van der Waals surface area (Å²) in [5.74, 6) is 0. The van der Waals surface area contributed by atoms with Crippen molar-refractivity contribution < 1.29 is 0 Å². The maximum absolute atomic E-state index is 2.59. The first-order valence-electron chi connectivity index (χ1n) is 10.0. The molecule has 0 aliphatic rings. The average molecular weight is 310 g/mol. The zero-order valence-corrected chi connectivity index (χ0v) is 16.1. The van der Waals surface area contributed by atoms with E-state index in [4.69, 9.17) is 0 Å². The summed E-state index contributed by atoms with van der Waals surface area (Å²) in [5.41, 5.74) is 1.76. The Bertz CT molecular complexity index is 230. The number of hydrogen-bond acceptors (Lipinski definition) is 1. The van der Waals surface area contributed by atoms with Crippen LogP contribution in [0.3, 0.4) is 0 Å². The largest absolute Gasteiger partial charge is 0.309 e. The van der Waals surface area contributed by atoms with Gasteiger partial charge in [-0.05, 0) is 65.6 Å². The highest BCUT2D eigenvalue weighted by atomic mass is 15.0. The van der Waals surface area contributed by atoms with E-state index in [1.165, 1.54) is 96.4 Å². The molecular weight excluding hydrogens is 266 g/mol. The molecule has 0 heterocycles. The number of allylic oxidation sites excluding steroid dienone is 2. The Balaban J connectivity index is 3.72. The molecule has 0 aromatic rings. The predicted octanol–water partition coefficient (Wildman–Crippen LogP) is 6.98. The van der Waals surface area contributed by atoms with Gasteiger partial charge < -0.3 is 4.90 Å². The van der Waals surface area contributed by atoms with Crippen molar-refractivity contribution in [1.82, 2.24) is 4.90 Å². The van der Waals surface area contributed by atoms with Gasteiger partial charge in [0.1, 0.15) is 0 Å². The Hall–Kier alpha value is -0.300. The van der Waals surface area contributed by atoms with Crippen LogP contribution in [0.4, 0.5) is 0 Å². The number of unbranched alkanes of at least 4 members (excludes halogenated alkanes) is 9. The molecule has 0 fully saturated rings. The van der Waals surface area contributed by atoms with E-state index < -0.39 is 0 Å². The molecular formula is C21H43N. The van der Waals surface area contributed by atoms with Crippen molar-refractivity contribution in [3.63, 3.8) is 0 Å². The second-order valence-corrected chi connectivity index (χ2v) is 7.14. The fraction of sp³-hybridized carbons (Fsp3) is 0.905. The predicted molar refractivity (Wildman–Crippen MR) is 103 cm³/mol. The van der Waals surface area contributed by atoms with Crippen LogP contribution >= 0.6 is 0 Å². The summed E-state index contributed by atoms with van der Waals surface area (Å²) < 4.78 is 0. The van der Waals surface area contributed by atoms with E-state index in [-0.39, 0.29) is 0 Å². The fourth-order valence-corrected chi connectivity index (χ4v) is 2.94. The Morgan fingerprint density at radius 3 is 1.77 bits per heavy atom. The van der Waals surface area contributed by atoms with Crippen LogP contribution in [0.1, 0.15) is 104 Å². The van der Waals surface area contributed by atoms with Gasteiger partial charge in [-0.1, -0.05) is 70.4 Å². The quantitative estimate of drug-likeness (QED) is 0.220. The number of rotatable bonds is 16. The summed E-state index contributed by atoms with van der Waals surface area (Å²) >= 11 is 0. The average Bonchev–Trinajstić information content (AvgIpc) is 2.49. The van der Waals surface area contributed by atoms with E-state index >= 15 is 0 Å². The van der Waals surface area contributed by atoms with Gasteiger partial charge in [0, 0.05) is 0 Å². The zero-order chi connectivity index (χ0) is 16.5. The van der Waals surface area contributed by atoms with Gasteiger partial charge in [-0.25, -0.2) is 0 Å². The monoisotopic (exact) mass is 309 g/mol. The van der Waals surface area contributed by atoms with Gasteiger partial charge in [0.25, 0.3) is 0 Å². The van der Waals surface area contributed by atoms with Crippen LogP contribution in [0.5, 0.6) is 0 Å². The Labute approximate surface area is 141 Å². The van der Waals surface area contributed by atoms with Crippen LogP contribution in [0, 0.1) is 0 Å². The lowest BCUT2D eigenvalue weighted by atomic mass is 9.99. The lowest BCUT2D eigenvalue weighted by molar-refractivity contribution is 0.390. The molecule has 0 amide bonds. The van der Waals surface area contributed by atoms with Gasteiger partial charge in [0.2, 0.25) is 0 Å². The van der Waals surface area contributed by atoms with E-state index in [1.807, 2.05) is 0 Å². The van der Waals surface area contributed by atoms with Gasteiger partial charge in [-0.15, -0.1) is 0 Å². The first kappa shape index (κ1) is 21.7. The molecule has 0 saturated carbocycles. The maximum atomic E-state index is 2.59. The lowest BCUT2D eigenvalue weighted by Gasteiger charge is -2.09. The SMILES string of the molecule is CCCCCC(=CCCCCCCCN(C)C)CCCCC. The lowest BCUT2D eigenvalue weighted by Crippen LogP contribution is -2.12. The third kappa shape index (κ3) is 16.1. The van der Waals surface area contributed by atoms with Crippen LogP contribution in [0.25, 0.3) is 0 Å². The molecule has 0 bridgehead atoms. The summed E-state index contributed by atoms with van der Waals surface area (Å²) in [4.78, 5) is 2.29. The summed E-state index contributed by atoms with van der Waals surface area (Å²) in [6, 6.07) is 0. The molecule has 0 aliphatic carbocycles. The summed E-state index contributed by atoms with van der Waals surface area (Å²) in [6.07, 6.45) is 21.9. The summed E-state index contributed by atoms with van der Waals surface area (Å²) in [6.45, 7) is 5.85. The fourth-order valence-electron chi connectivity index (χ4n) is 2.94. The van der Waals surface area contributed by atoms with Gasteiger partial charge in [-0.2, -0.15) is 0 Å². The first-order chi connectivity index (χ1) is 10.7. The third-order valence-electron chi connectivity index (χ3n) is 4.45. The highest BCUT2D eigenvalue weighted by Gasteiger charge is 1.99. The first-order valence-corrected chi connectivity index (χ1v) is 10.0. The highest BCUT2D eigenvalue weighted by molar-refractivity contribution is 5.01. The second-order valence-electron chi connectivity index (χ2n) is 7.14. The summed E-state index contributed by atoms with van der Waals surface area (Å²) in [5, 5.41) is 0. The highest BCUT2D eigenvalue weighted by Crippen LogP contribution is 2.18. The van der Waals surface area contributed by atoms with Crippen molar-refractivity contribution >= 4 is 0 Å². The Morgan fingerprint density at radius 1 is 0.682 bits per heavy atom. The van der Waals surface area contributed by atoms with Crippen molar-refractivity contribution in [2.75, 3.05) is 20.6 Å². The molecule has 0 unspecified atom stereocenters. The normalized spacial score (nSPS) is 11.1. The zero-order valence-electron chi connectivity index (χ0n) is 16.1. The van der Waals surface area contributed by atoms with Crippen molar-refractivity contribution in [2.24, 2.45) is 0 Å². The summed E-state index contributed by atoms with van der Waals surface area (Å²) in [7, 11) is 4.34. The number of nitrogens with zero attached hydrogens (tertiary/aromatic N) is 1. The molecule has 0 saturated heterocycles. The van der Waals surface area contributed by atoms with Gasteiger partial charge in [-0.3, -0.25) is 0 Å². The topological polar surface area (TPSA) is 3.24 Å². The van der Waals surface area contributed by atoms with Gasteiger partial charge >= 0.3 is 0 Å². The minimum atomic E-state index is 1.25. The molecule has 22 heavy (non-hydrogen) atoms. The minimum Gasteiger partial charge on any atom is -0.309 e. The van der Waals surface area contributed by atoms with Gasteiger partial charge in [0.05, 0.1) is 0 Å². The molecule has 0 rings (SSSR count). The van der Waals surface area contributed by atoms with E-state index in [1.54, 1.807) is 5.57 Å². The van der Waals surface area contributed by atoms with Crippen LogP contribution in [0.15, 0.2) is 11.6 Å². The molecule has 1 nitrogen and oxygen atoms in total. The van der Waals surface area contributed by atoms with Crippen LogP contribution < -0.4 is 0 Å². The minimum absolute atomic E-state index is 1.25. The third-order valence-corrected chi connectivity index (χ3v) is 4.45. The maximum Gasteiger partial charge on any atom is -0.00248 e. The van der Waals surface area contributed by atoms with Crippen LogP contribution in [-0.4, -0.2) is 25.5 Å². The second kappa shape index (κ2) is 17.1. The molecule has 0 spiro atoms. The smallest absolute Gasteiger partial charge is 0.00248 e. The molecule has 1 heteroatoms. The molecule has 0 aliphatic heterocycles. The van der Waals surface area contributed by atoms with Crippen LogP contribution in [0.2, 0.25) is 0 Å². The van der Waals surface area contributed by atoms with E-state index in [0.717, 1.165) is 0 Å².